The molecule has 0 fully saturated rings. The molecule has 0 atom stereocenters. The number of aryl methyl sites for hydroxylation is 3. The maximum atomic E-state index is 12.6. The first kappa shape index (κ1) is 18.5. The zero-order chi connectivity index (χ0) is 19.8. The zero-order valence-electron chi connectivity index (χ0n) is 15.5. The van der Waals surface area contributed by atoms with Crippen LogP contribution >= 0.6 is 23.1 Å². The molecule has 0 saturated carbocycles. The number of carbonyl (C=O) groups excluding carboxylic acids is 1. The average Bonchev–Trinajstić information content (AvgIpc) is 3.17. The lowest BCUT2D eigenvalue weighted by atomic mass is 10.2. The van der Waals surface area contributed by atoms with Crippen LogP contribution in [0.1, 0.15) is 22.0 Å². The molecule has 0 spiro atoms. The summed E-state index contributed by atoms with van der Waals surface area (Å²) < 4.78 is 5.50. The van der Waals surface area contributed by atoms with Gasteiger partial charge in [0.2, 0.25) is 11.7 Å². The normalized spacial score (nSPS) is 11.1. The fourth-order valence-corrected chi connectivity index (χ4v) is 5.05. The number of aromatic nitrogens is 2. The van der Waals surface area contributed by atoms with Crippen LogP contribution in [0.2, 0.25) is 0 Å². The number of hydrogen-bond acceptors (Lipinski definition) is 7. The number of para-hydroxylation sites is 1. The van der Waals surface area contributed by atoms with Crippen LogP contribution in [0.25, 0.3) is 21.2 Å². The van der Waals surface area contributed by atoms with Crippen molar-refractivity contribution in [3.05, 3.63) is 46.3 Å². The van der Waals surface area contributed by atoms with Gasteiger partial charge in [0.25, 0.3) is 0 Å². The Morgan fingerprint density at radius 2 is 2.07 bits per heavy atom. The van der Waals surface area contributed by atoms with Crippen LogP contribution in [0.15, 0.2) is 33.7 Å². The van der Waals surface area contributed by atoms with E-state index in [1.807, 2.05) is 38.1 Å². The SMILES string of the molecule is Cc1nc(SCC(=O)Nc2c(C#N)oc3ccccc23)c2c(C)c(C)sc2n1. The Kier molecular flexibility index (Phi) is 4.79. The number of thioether (sulfide) groups is 1. The Balaban J connectivity index is 1.58. The van der Waals surface area contributed by atoms with Gasteiger partial charge in [-0.1, -0.05) is 23.9 Å². The molecule has 3 heterocycles. The van der Waals surface area contributed by atoms with E-state index in [1.165, 1.54) is 16.6 Å². The van der Waals surface area contributed by atoms with Crippen LogP contribution in [-0.2, 0) is 4.79 Å². The largest absolute Gasteiger partial charge is 0.443 e. The molecule has 28 heavy (non-hydrogen) atoms. The molecule has 4 rings (SSSR count). The monoisotopic (exact) mass is 408 g/mol. The van der Waals surface area contributed by atoms with Gasteiger partial charge in [0.05, 0.1) is 5.75 Å². The second-order valence-electron chi connectivity index (χ2n) is 6.29. The molecule has 0 bridgehead atoms. The van der Waals surface area contributed by atoms with Crippen molar-refractivity contribution in [2.75, 3.05) is 11.1 Å². The van der Waals surface area contributed by atoms with E-state index in [-0.39, 0.29) is 17.4 Å². The predicted molar refractivity (Wildman–Crippen MR) is 112 cm³/mol. The van der Waals surface area contributed by atoms with Gasteiger partial charge < -0.3 is 9.73 Å². The second-order valence-corrected chi connectivity index (χ2v) is 8.46. The molecule has 1 amide bonds. The van der Waals surface area contributed by atoms with Crippen LogP contribution in [0.3, 0.4) is 0 Å². The molecule has 0 aliphatic carbocycles. The van der Waals surface area contributed by atoms with Crippen LogP contribution < -0.4 is 5.32 Å². The third-order valence-electron chi connectivity index (χ3n) is 4.41. The van der Waals surface area contributed by atoms with E-state index in [4.69, 9.17) is 4.42 Å². The number of benzene rings is 1. The summed E-state index contributed by atoms with van der Waals surface area (Å²) in [5.41, 5.74) is 2.13. The van der Waals surface area contributed by atoms with Crippen LogP contribution in [0.5, 0.6) is 0 Å². The standard InChI is InChI=1S/C20H16N4O2S2/c1-10-11(2)28-20-17(10)19(22-12(3)23-20)27-9-16(25)24-18-13-6-4-5-7-14(13)26-15(18)8-21/h4-7H,9H2,1-3H3,(H,24,25). The third-order valence-corrected chi connectivity index (χ3v) is 6.49. The van der Waals surface area contributed by atoms with E-state index in [1.54, 1.807) is 17.4 Å². The van der Waals surface area contributed by atoms with Gasteiger partial charge in [-0.2, -0.15) is 5.26 Å². The highest BCUT2D eigenvalue weighted by atomic mass is 32.2. The number of carbonyl (C=O) groups is 1. The number of furan rings is 1. The molecular formula is C20H16N4O2S2. The maximum Gasteiger partial charge on any atom is 0.234 e. The second kappa shape index (κ2) is 7.26. The maximum absolute atomic E-state index is 12.6. The van der Waals surface area contributed by atoms with Gasteiger partial charge >= 0.3 is 0 Å². The summed E-state index contributed by atoms with van der Waals surface area (Å²) in [6, 6.07) is 9.24. The number of thiophene rings is 1. The highest BCUT2D eigenvalue weighted by molar-refractivity contribution is 8.00. The first-order valence-electron chi connectivity index (χ1n) is 8.56. The number of nitrogens with zero attached hydrogens (tertiary/aromatic N) is 3. The Hall–Kier alpha value is -2.89. The third kappa shape index (κ3) is 3.23. The van der Waals surface area contributed by atoms with Crippen molar-refractivity contribution in [1.82, 2.24) is 9.97 Å². The molecule has 1 aromatic carbocycles. The summed E-state index contributed by atoms with van der Waals surface area (Å²) in [7, 11) is 0. The van der Waals surface area contributed by atoms with Crippen LogP contribution in [-0.4, -0.2) is 21.6 Å². The van der Waals surface area contributed by atoms with Gasteiger partial charge in [0.1, 0.15) is 33.0 Å². The van der Waals surface area contributed by atoms with E-state index < -0.39 is 0 Å². The van der Waals surface area contributed by atoms with Gasteiger partial charge in [-0.3, -0.25) is 4.79 Å². The molecule has 0 aliphatic rings. The van der Waals surface area contributed by atoms with E-state index in [0.29, 0.717) is 22.5 Å². The minimum Gasteiger partial charge on any atom is -0.443 e. The first-order chi connectivity index (χ1) is 13.5. The smallest absolute Gasteiger partial charge is 0.234 e. The average molecular weight is 409 g/mol. The molecule has 0 aliphatic heterocycles. The van der Waals surface area contributed by atoms with Gasteiger partial charge in [-0.15, -0.1) is 11.3 Å². The molecule has 0 radical (unpaired) electrons. The number of anilines is 1. The Morgan fingerprint density at radius 3 is 2.86 bits per heavy atom. The van der Waals surface area contributed by atoms with E-state index >= 15 is 0 Å². The molecule has 4 aromatic rings. The summed E-state index contributed by atoms with van der Waals surface area (Å²) in [5, 5.41) is 14.7. The number of nitrogens with one attached hydrogen (secondary N) is 1. The number of amides is 1. The van der Waals surface area contributed by atoms with Crippen molar-refractivity contribution in [2.45, 2.75) is 25.8 Å². The molecule has 8 heteroatoms. The summed E-state index contributed by atoms with van der Waals surface area (Å²) in [6.45, 7) is 5.96. The molecule has 1 N–H and O–H groups in total. The van der Waals surface area contributed by atoms with E-state index in [0.717, 1.165) is 20.8 Å². The van der Waals surface area contributed by atoms with Gasteiger partial charge in [-0.25, -0.2) is 9.97 Å². The molecule has 0 saturated heterocycles. The summed E-state index contributed by atoms with van der Waals surface area (Å²) in [4.78, 5) is 23.8. The fraction of sp³-hybridized carbons (Fsp3) is 0.200. The lowest BCUT2D eigenvalue weighted by molar-refractivity contribution is -0.113. The zero-order valence-corrected chi connectivity index (χ0v) is 17.1. The van der Waals surface area contributed by atoms with Crippen molar-refractivity contribution >= 4 is 55.9 Å². The molecule has 6 nitrogen and oxygen atoms in total. The number of rotatable bonds is 4. The van der Waals surface area contributed by atoms with Crippen molar-refractivity contribution < 1.29 is 9.21 Å². The quantitative estimate of drug-likeness (QED) is 0.379. The van der Waals surface area contributed by atoms with Crippen molar-refractivity contribution in [3.63, 3.8) is 0 Å². The van der Waals surface area contributed by atoms with Crippen molar-refractivity contribution in [1.29, 1.82) is 5.26 Å². The molecular weight excluding hydrogens is 392 g/mol. The molecule has 140 valence electrons. The molecule has 0 unspecified atom stereocenters. The minimum atomic E-state index is -0.220. The van der Waals surface area contributed by atoms with Crippen molar-refractivity contribution in [2.24, 2.45) is 0 Å². The van der Waals surface area contributed by atoms with E-state index in [2.05, 4.69) is 22.2 Å². The summed E-state index contributed by atoms with van der Waals surface area (Å²) in [6.07, 6.45) is 0. The number of hydrogen-bond donors (Lipinski definition) is 1. The summed E-state index contributed by atoms with van der Waals surface area (Å²) >= 11 is 3.01. The van der Waals surface area contributed by atoms with Gasteiger partial charge in [0, 0.05) is 15.6 Å². The number of fused-ring (bicyclic) bond motifs is 2. The van der Waals surface area contributed by atoms with Gasteiger partial charge in [0.15, 0.2) is 0 Å². The lowest BCUT2D eigenvalue weighted by Gasteiger charge is -2.06. The Bertz CT molecular complexity index is 1270. The topological polar surface area (TPSA) is 91.8 Å². The first-order valence-corrected chi connectivity index (χ1v) is 10.4. The fourth-order valence-electron chi connectivity index (χ4n) is 2.98. The van der Waals surface area contributed by atoms with Crippen LogP contribution in [0.4, 0.5) is 5.69 Å². The highest BCUT2D eigenvalue weighted by Crippen LogP contribution is 2.35. The highest BCUT2D eigenvalue weighted by Gasteiger charge is 2.18. The Morgan fingerprint density at radius 1 is 1.29 bits per heavy atom. The molecule has 3 aromatic heterocycles. The van der Waals surface area contributed by atoms with Crippen molar-refractivity contribution in [3.8, 4) is 6.07 Å². The Labute approximate surface area is 169 Å². The van der Waals surface area contributed by atoms with E-state index in [9.17, 15) is 10.1 Å². The predicted octanol–water partition coefficient (Wildman–Crippen LogP) is 4.97. The van der Waals surface area contributed by atoms with Gasteiger partial charge in [-0.05, 0) is 38.5 Å². The number of nitriles is 1. The summed E-state index contributed by atoms with van der Waals surface area (Å²) in [5.74, 6) is 0.736. The minimum absolute atomic E-state index is 0.101. The lowest BCUT2D eigenvalue weighted by Crippen LogP contribution is -2.14. The van der Waals surface area contributed by atoms with Crippen LogP contribution in [0, 0.1) is 32.1 Å².